The summed E-state index contributed by atoms with van der Waals surface area (Å²) in [5.74, 6) is 0.870. The topological polar surface area (TPSA) is 39.1 Å². The van der Waals surface area contributed by atoms with Crippen LogP contribution in [0.3, 0.4) is 0 Å². The van der Waals surface area contributed by atoms with E-state index >= 15 is 0 Å². The Morgan fingerprint density at radius 3 is 3.11 bits per heavy atom. The molecule has 0 saturated heterocycles. The van der Waals surface area contributed by atoms with Gasteiger partial charge in [0.25, 0.3) is 0 Å². The van der Waals surface area contributed by atoms with E-state index in [2.05, 4.69) is 33.1 Å². The summed E-state index contributed by atoms with van der Waals surface area (Å²) in [6, 6.07) is 6.70. The second-order valence-corrected chi connectivity index (χ2v) is 4.85. The van der Waals surface area contributed by atoms with Gasteiger partial charge in [-0.3, -0.25) is 4.57 Å². The Kier molecular flexibility index (Phi) is 3.51. The summed E-state index contributed by atoms with van der Waals surface area (Å²) in [5.41, 5.74) is 4.16. The maximum Gasteiger partial charge on any atom is 0.207 e. The number of benzene rings is 1. The van der Waals surface area contributed by atoms with Gasteiger partial charge in [0.05, 0.1) is 6.61 Å². The van der Waals surface area contributed by atoms with Crippen molar-refractivity contribution in [3.05, 3.63) is 41.7 Å². The van der Waals surface area contributed by atoms with Crippen LogP contribution in [0.4, 0.5) is 5.95 Å². The number of aromatic nitrogens is 2. The van der Waals surface area contributed by atoms with Crippen molar-refractivity contribution in [3.8, 4) is 5.69 Å². The molecule has 0 bridgehead atoms. The standard InChI is InChI=1S/C15H19N3O/c1-19-10-8-17-15-16-7-9-18(15)14-6-5-12-3-2-4-13(12)11-14/h5-7,9,11H,2-4,8,10H2,1H3,(H,16,17). The number of anilines is 1. The first kappa shape index (κ1) is 12.2. The summed E-state index contributed by atoms with van der Waals surface area (Å²) in [5, 5.41) is 3.29. The first-order chi connectivity index (χ1) is 9.38. The molecular weight excluding hydrogens is 238 g/mol. The molecule has 1 N–H and O–H groups in total. The fourth-order valence-electron chi connectivity index (χ4n) is 2.62. The van der Waals surface area contributed by atoms with Gasteiger partial charge in [0.1, 0.15) is 0 Å². The fourth-order valence-corrected chi connectivity index (χ4v) is 2.62. The summed E-state index contributed by atoms with van der Waals surface area (Å²) in [6.45, 7) is 1.44. The molecule has 2 aromatic rings. The average Bonchev–Trinajstić information content (AvgIpc) is 3.06. The molecule has 0 atom stereocenters. The number of hydrogen-bond donors (Lipinski definition) is 1. The minimum Gasteiger partial charge on any atom is -0.383 e. The van der Waals surface area contributed by atoms with E-state index in [4.69, 9.17) is 4.74 Å². The lowest BCUT2D eigenvalue weighted by atomic mass is 10.1. The number of nitrogens with one attached hydrogen (secondary N) is 1. The summed E-state index contributed by atoms with van der Waals surface area (Å²) in [7, 11) is 1.70. The molecule has 4 heteroatoms. The Morgan fingerprint density at radius 2 is 2.21 bits per heavy atom. The molecule has 0 fully saturated rings. The molecule has 1 aromatic carbocycles. The Bertz CT molecular complexity index is 562. The SMILES string of the molecule is COCCNc1nccn1-c1ccc2c(c1)CCC2. The number of nitrogens with zero attached hydrogens (tertiary/aromatic N) is 2. The molecule has 0 radical (unpaired) electrons. The second kappa shape index (κ2) is 5.45. The molecule has 0 saturated carbocycles. The third-order valence-corrected chi connectivity index (χ3v) is 3.59. The molecule has 0 spiro atoms. The zero-order valence-electron chi connectivity index (χ0n) is 11.2. The van der Waals surface area contributed by atoms with E-state index in [1.165, 1.54) is 36.1 Å². The lowest BCUT2D eigenvalue weighted by molar-refractivity contribution is 0.210. The smallest absolute Gasteiger partial charge is 0.207 e. The van der Waals surface area contributed by atoms with E-state index in [0.29, 0.717) is 6.61 Å². The van der Waals surface area contributed by atoms with Gasteiger partial charge in [-0.15, -0.1) is 0 Å². The van der Waals surface area contributed by atoms with Gasteiger partial charge in [-0.05, 0) is 42.5 Å². The number of ether oxygens (including phenoxy) is 1. The van der Waals surface area contributed by atoms with Crippen molar-refractivity contribution in [2.75, 3.05) is 25.6 Å². The molecule has 1 aliphatic carbocycles. The van der Waals surface area contributed by atoms with Crippen molar-refractivity contribution in [2.45, 2.75) is 19.3 Å². The zero-order valence-corrected chi connectivity index (χ0v) is 11.2. The van der Waals surface area contributed by atoms with Gasteiger partial charge in [-0.1, -0.05) is 6.07 Å². The number of hydrogen-bond acceptors (Lipinski definition) is 3. The Balaban J connectivity index is 1.84. The van der Waals surface area contributed by atoms with E-state index in [1.54, 1.807) is 7.11 Å². The Morgan fingerprint density at radius 1 is 1.32 bits per heavy atom. The minimum atomic E-state index is 0.678. The Hall–Kier alpha value is -1.81. The predicted octanol–water partition coefficient (Wildman–Crippen LogP) is 2.42. The first-order valence-corrected chi connectivity index (χ1v) is 6.77. The van der Waals surface area contributed by atoms with Crippen molar-refractivity contribution < 1.29 is 4.74 Å². The molecule has 1 heterocycles. The highest BCUT2D eigenvalue weighted by molar-refractivity contribution is 5.47. The zero-order chi connectivity index (χ0) is 13.1. The summed E-state index contributed by atoms with van der Waals surface area (Å²) < 4.78 is 7.14. The van der Waals surface area contributed by atoms with Crippen molar-refractivity contribution in [3.63, 3.8) is 0 Å². The van der Waals surface area contributed by atoms with E-state index in [-0.39, 0.29) is 0 Å². The first-order valence-electron chi connectivity index (χ1n) is 6.77. The quantitative estimate of drug-likeness (QED) is 0.836. The van der Waals surface area contributed by atoms with Crippen LogP contribution in [0.15, 0.2) is 30.6 Å². The van der Waals surface area contributed by atoms with Gasteiger partial charge in [0, 0.05) is 31.7 Å². The summed E-state index contributed by atoms with van der Waals surface area (Å²) in [4.78, 5) is 4.35. The number of aryl methyl sites for hydroxylation is 2. The molecule has 0 amide bonds. The monoisotopic (exact) mass is 257 g/mol. The fraction of sp³-hybridized carbons (Fsp3) is 0.400. The lowest BCUT2D eigenvalue weighted by Crippen LogP contribution is -2.11. The predicted molar refractivity (Wildman–Crippen MR) is 76.0 cm³/mol. The number of rotatable bonds is 5. The van der Waals surface area contributed by atoms with Crippen LogP contribution in [0, 0.1) is 0 Å². The largest absolute Gasteiger partial charge is 0.383 e. The van der Waals surface area contributed by atoms with Gasteiger partial charge in [-0.2, -0.15) is 0 Å². The van der Waals surface area contributed by atoms with Crippen molar-refractivity contribution >= 4 is 5.95 Å². The van der Waals surface area contributed by atoms with E-state index in [9.17, 15) is 0 Å². The highest BCUT2D eigenvalue weighted by Gasteiger charge is 2.12. The van der Waals surface area contributed by atoms with Gasteiger partial charge < -0.3 is 10.1 Å². The third kappa shape index (κ3) is 2.49. The highest BCUT2D eigenvalue weighted by atomic mass is 16.5. The van der Waals surface area contributed by atoms with Crippen molar-refractivity contribution in [1.82, 2.24) is 9.55 Å². The summed E-state index contributed by atoms with van der Waals surface area (Å²) >= 11 is 0. The van der Waals surface area contributed by atoms with Gasteiger partial charge >= 0.3 is 0 Å². The van der Waals surface area contributed by atoms with Gasteiger partial charge in [0.15, 0.2) is 0 Å². The summed E-state index contributed by atoms with van der Waals surface area (Å²) in [6.07, 6.45) is 7.51. The van der Waals surface area contributed by atoms with Crippen LogP contribution in [-0.4, -0.2) is 29.8 Å². The maximum absolute atomic E-state index is 5.05. The number of fused-ring (bicyclic) bond motifs is 1. The van der Waals surface area contributed by atoms with Crippen LogP contribution in [0.1, 0.15) is 17.5 Å². The lowest BCUT2D eigenvalue weighted by Gasteiger charge is -2.11. The molecule has 1 aliphatic rings. The van der Waals surface area contributed by atoms with Crippen LogP contribution >= 0.6 is 0 Å². The number of methoxy groups -OCH3 is 1. The molecule has 100 valence electrons. The van der Waals surface area contributed by atoms with Crippen LogP contribution in [0.5, 0.6) is 0 Å². The molecule has 19 heavy (non-hydrogen) atoms. The molecule has 4 nitrogen and oxygen atoms in total. The maximum atomic E-state index is 5.05. The van der Waals surface area contributed by atoms with Crippen LogP contribution < -0.4 is 5.32 Å². The van der Waals surface area contributed by atoms with Gasteiger partial charge in [0.2, 0.25) is 5.95 Å². The van der Waals surface area contributed by atoms with Crippen molar-refractivity contribution in [1.29, 1.82) is 0 Å². The third-order valence-electron chi connectivity index (χ3n) is 3.59. The molecular formula is C15H19N3O. The highest BCUT2D eigenvalue weighted by Crippen LogP contribution is 2.25. The van der Waals surface area contributed by atoms with E-state index in [1.807, 2.05) is 12.4 Å². The van der Waals surface area contributed by atoms with E-state index in [0.717, 1.165) is 12.5 Å². The van der Waals surface area contributed by atoms with Crippen molar-refractivity contribution in [2.24, 2.45) is 0 Å². The van der Waals surface area contributed by atoms with E-state index < -0.39 is 0 Å². The molecule has 3 rings (SSSR count). The molecule has 0 aliphatic heterocycles. The normalized spacial score (nSPS) is 13.5. The van der Waals surface area contributed by atoms with Gasteiger partial charge in [-0.25, -0.2) is 4.98 Å². The molecule has 1 aromatic heterocycles. The van der Waals surface area contributed by atoms with Crippen LogP contribution in [0.2, 0.25) is 0 Å². The van der Waals surface area contributed by atoms with Crippen LogP contribution in [-0.2, 0) is 17.6 Å². The molecule has 0 unspecified atom stereocenters. The van der Waals surface area contributed by atoms with Crippen LogP contribution in [0.25, 0.3) is 5.69 Å². The second-order valence-electron chi connectivity index (χ2n) is 4.85. The Labute approximate surface area is 113 Å². The minimum absolute atomic E-state index is 0.678. The average molecular weight is 257 g/mol. The number of imidazole rings is 1.